The average Bonchev–Trinajstić information content (AvgIpc) is 3.92. The Morgan fingerprint density at radius 1 is 0.633 bits per heavy atom. The van der Waals surface area contributed by atoms with Crippen molar-refractivity contribution >= 4 is 45.3 Å². The van der Waals surface area contributed by atoms with Crippen molar-refractivity contribution in [2.24, 2.45) is 0 Å². The van der Waals surface area contributed by atoms with Gasteiger partial charge in [-0.2, -0.15) is 10.2 Å². The summed E-state index contributed by atoms with van der Waals surface area (Å²) in [5.74, 6) is -0.387. The summed E-state index contributed by atoms with van der Waals surface area (Å²) >= 11 is 0. The van der Waals surface area contributed by atoms with E-state index in [2.05, 4.69) is 59.2 Å². The van der Waals surface area contributed by atoms with Crippen molar-refractivity contribution in [2.75, 3.05) is 37.1 Å². The number of aromatic nitrogens is 6. The number of hydrogen-bond acceptors (Lipinski definition) is 10. The van der Waals surface area contributed by atoms with Crippen LogP contribution in [-0.4, -0.2) is 79.9 Å². The minimum Gasteiger partial charge on any atom is -0.381 e. The van der Waals surface area contributed by atoms with Crippen LogP contribution in [0.5, 0.6) is 0 Å². The molecule has 314 valence electrons. The number of benzene rings is 2. The van der Waals surface area contributed by atoms with E-state index in [4.69, 9.17) is 19.4 Å². The third-order valence-corrected chi connectivity index (χ3v) is 11.8. The van der Waals surface area contributed by atoms with Gasteiger partial charge in [-0.05, 0) is 87.8 Å². The van der Waals surface area contributed by atoms with Crippen LogP contribution in [0.1, 0.15) is 96.6 Å². The van der Waals surface area contributed by atoms with E-state index in [0.717, 1.165) is 92.8 Å². The first-order chi connectivity index (χ1) is 29.4. The zero-order chi connectivity index (χ0) is 41.6. The van der Waals surface area contributed by atoms with E-state index in [9.17, 15) is 9.59 Å². The molecule has 2 aliphatic heterocycles. The Hall–Kier alpha value is -5.86. The van der Waals surface area contributed by atoms with E-state index in [1.54, 1.807) is 0 Å². The summed E-state index contributed by atoms with van der Waals surface area (Å²) in [5, 5.41) is 25.1. The molecule has 0 saturated carbocycles. The highest BCUT2D eigenvalue weighted by Gasteiger charge is 2.24. The normalized spacial score (nSPS) is 15.1. The lowest BCUT2D eigenvalue weighted by atomic mass is 10.00. The quantitative estimate of drug-likeness (QED) is 0.0846. The van der Waals surface area contributed by atoms with Gasteiger partial charge in [-0.15, -0.1) is 0 Å². The topological polar surface area (TPSA) is 162 Å². The van der Waals surface area contributed by atoms with Crippen LogP contribution in [0.3, 0.4) is 0 Å². The highest BCUT2D eigenvalue weighted by Crippen LogP contribution is 2.33. The molecule has 0 bridgehead atoms. The zero-order valence-corrected chi connectivity index (χ0v) is 35.1. The number of nitrogens with zero attached hydrogens (tertiary/aromatic N) is 6. The van der Waals surface area contributed by atoms with Crippen LogP contribution in [0.25, 0.3) is 33.2 Å². The van der Waals surface area contributed by atoms with Gasteiger partial charge in [0.1, 0.15) is 0 Å². The summed E-state index contributed by atoms with van der Waals surface area (Å²) in [7, 11) is 0. The first-order valence-corrected chi connectivity index (χ1v) is 21.6. The molecule has 0 unspecified atom stereocenters. The number of rotatable bonds is 15. The summed E-state index contributed by atoms with van der Waals surface area (Å²) in [6.45, 7) is 13.2. The van der Waals surface area contributed by atoms with Gasteiger partial charge in [0, 0.05) is 98.3 Å². The summed E-state index contributed by atoms with van der Waals surface area (Å²) in [5.41, 5.74) is 10.2. The molecule has 2 amide bonds. The number of aryl methyl sites for hydroxylation is 4. The third-order valence-electron chi connectivity index (χ3n) is 11.8. The Morgan fingerprint density at radius 2 is 1.05 bits per heavy atom. The van der Waals surface area contributed by atoms with Gasteiger partial charge >= 0.3 is 0 Å². The minimum atomic E-state index is -0.193. The second kappa shape index (κ2) is 18.6. The molecule has 2 aromatic carbocycles. The van der Waals surface area contributed by atoms with Gasteiger partial charge in [-0.3, -0.25) is 9.59 Å². The third kappa shape index (κ3) is 8.57. The fraction of sp³-hybridized carbons (Fsp3) is 0.435. The highest BCUT2D eigenvalue weighted by atomic mass is 16.5. The molecule has 0 aliphatic carbocycles. The first-order valence-electron chi connectivity index (χ1n) is 21.6. The van der Waals surface area contributed by atoms with Crippen molar-refractivity contribution in [3.63, 3.8) is 0 Å². The molecule has 2 fully saturated rings. The number of fused-ring (bicyclic) bond motifs is 2. The largest absolute Gasteiger partial charge is 0.381 e. The number of carbonyl (C=O) groups is 2. The van der Waals surface area contributed by atoms with Gasteiger partial charge in [0.2, 0.25) is 0 Å². The van der Waals surface area contributed by atoms with Crippen LogP contribution >= 0.6 is 0 Å². The second-order valence-corrected chi connectivity index (χ2v) is 15.5. The molecule has 4 N–H and O–H groups in total. The van der Waals surface area contributed by atoms with Crippen molar-refractivity contribution in [1.29, 1.82) is 0 Å². The Labute approximate surface area is 350 Å². The smallest absolute Gasteiger partial charge is 0.251 e. The van der Waals surface area contributed by atoms with E-state index in [1.807, 2.05) is 70.3 Å². The monoisotopic (exact) mass is 812 g/mol. The molecule has 60 heavy (non-hydrogen) atoms. The lowest BCUT2D eigenvalue weighted by molar-refractivity contribution is 0.0903. The lowest BCUT2D eigenvalue weighted by Gasteiger charge is -2.26. The molecule has 14 heteroatoms. The van der Waals surface area contributed by atoms with Gasteiger partial charge in [-0.1, -0.05) is 38.1 Å². The van der Waals surface area contributed by atoms with E-state index < -0.39 is 0 Å². The predicted molar refractivity (Wildman–Crippen MR) is 234 cm³/mol. The van der Waals surface area contributed by atoms with Gasteiger partial charge < -0.3 is 30.7 Å². The SMILES string of the molecule is CCc1nc2c(cnn2CC)c(NC2CCOCC2)c1CNC(=O)c1cccc(-c2cccc(C(=O)NCc3c(CC)nc4c(cnn4CC)c3NC3CCOCC3)c2)c1. The second-order valence-electron chi connectivity index (χ2n) is 15.5. The van der Waals surface area contributed by atoms with E-state index >= 15 is 0 Å². The van der Waals surface area contributed by atoms with E-state index in [-0.39, 0.29) is 23.9 Å². The number of pyridine rings is 2. The number of anilines is 2. The summed E-state index contributed by atoms with van der Waals surface area (Å²) in [6, 6.07) is 15.6. The minimum absolute atomic E-state index is 0.193. The maximum atomic E-state index is 13.8. The molecule has 2 saturated heterocycles. The molecule has 6 heterocycles. The fourth-order valence-corrected chi connectivity index (χ4v) is 8.42. The molecule has 0 atom stereocenters. The molecule has 6 aromatic rings. The summed E-state index contributed by atoms with van der Waals surface area (Å²) in [4.78, 5) is 37.7. The number of amides is 2. The number of nitrogens with one attached hydrogen (secondary N) is 4. The molecule has 0 radical (unpaired) electrons. The van der Waals surface area contributed by atoms with Crippen LogP contribution in [0.4, 0.5) is 11.4 Å². The van der Waals surface area contributed by atoms with Crippen molar-refractivity contribution in [1.82, 2.24) is 40.2 Å². The maximum Gasteiger partial charge on any atom is 0.251 e. The molecule has 0 spiro atoms. The summed E-state index contributed by atoms with van der Waals surface area (Å²) in [6.07, 6.45) is 8.80. The van der Waals surface area contributed by atoms with Crippen LogP contribution in [-0.2, 0) is 48.5 Å². The van der Waals surface area contributed by atoms with Crippen LogP contribution < -0.4 is 21.3 Å². The van der Waals surface area contributed by atoms with Gasteiger partial charge in [0.25, 0.3) is 11.8 Å². The Balaban J connectivity index is 0.997. The fourth-order valence-electron chi connectivity index (χ4n) is 8.42. The van der Waals surface area contributed by atoms with Crippen molar-refractivity contribution < 1.29 is 19.1 Å². The number of ether oxygens (including phenoxy) is 2. The molecule has 4 aromatic heterocycles. The van der Waals surface area contributed by atoms with Crippen molar-refractivity contribution in [2.45, 2.75) is 104 Å². The van der Waals surface area contributed by atoms with Crippen LogP contribution in [0.15, 0.2) is 60.9 Å². The molecular formula is C46H56N10O4. The lowest BCUT2D eigenvalue weighted by Crippen LogP contribution is -2.30. The van der Waals surface area contributed by atoms with Crippen LogP contribution in [0, 0.1) is 0 Å². The van der Waals surface area contributed by atoms with Gasteiger partial charge in [0.15, 0.2) is 11.3 Å². The van der Waals surface area contributed by atoms with E-state index in [1.165, 1.54) is 0 Å². The van der Waals surface area contributed by atoms with Crippen molar-refractivity contribution in [3.05, 3.63) is 94.6 Å². The van der Waals surface area contributed by atoms with Crippen LogP contribution in [0.2, 0.25) is 0 Å². The molecule has 2 aliphatic rings. The maximum absolute atomic E-state index is 13.8. The Morgan fingerprint density at radius 3 is 1.43 bits per heavy atom. The summed E-state index contributed by atoms with van der Waals surface area (Å²) < 4.78 is 15.1. The van der Waals surface area contributed by atoms with Crippen molar-refractivity contribution in [3.8, 4) is 11.1 Å². The standard InChI is InChI=1S/C46H56N10O4/c1-5-39-35(41(51-33-15-19-59-20-16-33)37-27-49-55(7-3)43(37)53-39)25-47-45(57)31-13-9-11-29(23-31)30-12-10-14-32(24-30)46(58)48-26-36-40(6-2)54-44-38(28-50-56(44)8-4)42(36)52-34-17-21-60-22-18-34/h9-14,23-24,27-28,33-34H,5-8,15-22,25-26H2,1-4H3,(H,47,57)(H,48,58)(H,51,53)(H,52,54). The Bertz CT molecular complexity index is 2310. The first kappa shape index (κ1) is 40.9. The van der Waals surface area contributed by atoms with Gasteiger partial charge in [0.05, 0.1) is 34.5 Å². The number of hydrogen-bond donors (Lipinski definition) is 4. The number of carbonyl (C=O) groups excluding carboxylic acids is 2. The van der Waals surface area contributed by atoms with Gasteiger partial charge in [-0.25, -0.2) is 19.3 Å². The Kier molecular flexibility index (Phi) is 12.7. The zero-order valence-electron chi connectivity index (χ0n) is 35.1. The van der Waals surface area contributed by atoms with E-state index in [0.29, 0.717) is 76.6 Å². The molecule has 8 rings (SSSR count). The molecular weight excluding hydrogens is 757 g/mol. The highest BCUT2D eigenvalue weighted by molar-refractivity contribution is 5.98. The molecule has 14 nitrogen and oxygen atoms in total. The predicted octanol–water partition coefficient (Wildman–Crippen LogP) is 7.05. The average molecular weight is 813 g/mol.